The van der Waals surface area contributed by atoms with Gasteiger partial charge in [0.15, 0.2) is 0 Å². The number of furan rings is 1. The van der Waals surface area contributed by atoms with Crippen LogP contribution < -0.4 is 9.62 Å². The second kappa shape index (κ2) is 28.3. The molecule has 1 aliphatic carbocycles. The molecule has 1 saturated carbocycles. The van der Waals surface area contributed by atoms with Crippen LogP contribution in [0.15, 0.2) is 114 Å². The number of esters is 2. The molecule has 1 aliphatic rings. The third kappa shape index (κ3) is 15.0. The first-order valence-electron chi connectivity index (χ1n) is 24.6. The Labute approximate surface area is 440 Å². The molecular weight excluding hydrogens is 980 g/mol. The number of benzene rings is 6. The van der Waals surface area contributed by atoms with Crippen LogP contribution >= 0.6 is 0 Å². The fourth-order valence-corrected chi connectivity index (χ4v) is 9.47. The summed E-state index contributed by atoms with van der Waals surface area (Å²) in [6, 6.07) is 31.9. The average molecular weight is 1050 g/mol. The Bertz CT molecular complexity index is 3130. The van der Waals surface area contributed by atoms with Crippen molar-refractivity contribution in [3.8, 4) is 11.3 Å². The molecule has 0 aliphatic heterocycles. The molecule has 1 heterocycles. The second-order valence-electron chi connectivity index (χ2n) is 17.3. The van der Waals surface area contributed by atoms with Gasteiger partial charge in [0.05, 0.1) is 94.6 Å². The number of amides is 1. The third-order valence-corrected chi connectivity index (χ3v) is 13.3. The molecule has 0 saturated heterocycles. The lowest BCUT2D eigenvalue weighted by atomic mass is 10.00. The minimum Gasteiger partial charge on any atom is -0.462 e. The van der Waals surface area contributed by atoms with E-state index in [-0.39, 0.29) is 70.7 Å². The summed E-state index contributed by atoms with van der Waals surface area (Å²) in [4.78, 5) is 37.6. The van der Waals surface area contributed by atoms with Crippen LogP contribution in [0, 0.1) is 5.82 Å². The lowest BCUT2D eigenvalue weighted by Gasteiger charge is -2.25. The number of nitrogens with one attached hydrogen (secondary N) is 1. The average Bonchev–Trinajstić information content (AvgIpc) is 4.17. The number of hydrogen-bond acceptors (Lipinski definition) is 12. The molecule has 402 valence electrons. The number of nitrogens with zero attached hydrogens (tertiary/aromatic N) is 1. The Balaban J connectivity index is 0.000000350. The summed E-state index contributed by atoms with van der Waals surface area (Å²) in [5.74, 6) is -1.03. The van der Waals surface area contributed by atoms with E-state index in [2.05, 4.69) is 12.2 Å². The van der Waals surface area contributed by atoms with E-state index >= 15 is 0 Å². The molecule has 1 N–H and O–H groups in total. The number of sulfonamides is 1. The topological polar surface area (TPSA) is 169 Å². The van der Waals surface area contributed by atoms with Crippen molar-refractivity contribution in [3.05, 3.63) is 148 Å². The quantitative estimate of drug-likeness (QED) is 0.0450. The van der Waals surface area contributed by atoms with Gasteiger partial charge in [-0.25, -0.2) is 22.4 Å². The van der Waals surface area contributed by atoms with E-state index in [4.69, 9.17) is 32.8 Å². The van der Waals surface area contributed by atoms with E-state index in [1.165, 1.54) is 35.6 Å². The number of carbonyl (C=O) groups is 3. The van der Waals surface area contributed by atoms with Gasteiger partial charge < -0.3 is 38.2 Å². The molecule has 14 nitrogen and oxygen atoms in total. The molecule has 75 heavy (non-hydrogen) atoms. The van der Waals surface area contributed by atoms with E-state index in [0.29, 0.717) is 78.6 Å². The fraction of sp³-hybridized carbons (Fsp3) is 0.373. The van der Waals surface area contributed by atoms with Crippen LogP contribution in [-0.2, 0) is 51.7 Å². The van der Waals surface area contributed by atoms with Gasteiger partial charge in [-0.3, -0.25) is 9.10 Å². The molecule has 1 aromatic heterocycles. The van der Waals surface area contributed by atoms with Crippen molar-refractivity contribution in [1.82, 2.24) is 5.32 Å². The van der Waals surface area contributed by atoms with Crippen LogP contribution in [0.4, 0.5) is 10.1 Å². The maximum absolute atomic E-state index is 13.7. The van der Waals surface area contributed by atoms with Gasteiger partial charge in [-0.05, 0) is 120 Å². The molecule has 7 aromatic rings. The highest BCUT2D eigenvalue weighted by atomic mass is 32.2. The number of ether oxygens (including phenoxy) is 6. The van der Waals surface area contributed by atoms with Gasteiger partial charge in [0.2, 0.25) is 10.0 Å². The number of halogens is 1. The molecule has 0 atom stereocenters. The van der Waals surface area contributed by atoms with Crippen molar-refractivity contribution in [2.45, 2.75) is 74.0 Å². The molecule has 0 unspecified atom stereocenters. The third-order valence-electron chi connectivity index (χ3n) is 12.1. The predicted molar refractivity (Wildman–Crippen MR) is 294 cm³/mol. The molecule has 0 radical (unpaired) electrons. The molecule has 1 fully saturated rings. The van der Waals surface area contributed by atoms with Crippen molar-refractivity contribution >= 4 is 66.1 Å². The first-order chi connectivity index (χ1) is 35.4. The van der Waals surface area contributed by atoms with Crippen LogP contribution in [-0.4, -0.2) is 99.0 Å². The van der Waals surface area contributed by atoms with E-state index in [1.807, 2.05) is 79.7 Å². The highest BCUT2D eigenvalue weighted by Crippen LogP contribution is 2.48. The van der Waals surface area contributed by atoms with E-state index in [1.54, 1.807) is 19.1 Å². The lowest BCUT2D eigenvalue weighted by Crippen LogP contribution is -2.34. The summed E-state index contributed by atoms with van der Waals surface area (Å²) >= 11 is 0. The molecular formula is C59H71FN2O12S. The Kier molecular flexibility index (Phi) is 22.3. The Hall–Kier alpha value is -6.69. The minimum absolute atomic E-state index is 0. The maximum atomic E-state index is 13.7. The second-order valence-corrected chi connectivity index (χ2v) is 19.2. The maximum Gasteiger partial charge on any atom is 0.338 e. The van der Waals surface area contributed by atoms with Crippen LogP contribution in [0.2, 0.25) is 0 Å². The summed E-state index contributed by atoms with van der Waals surface area (Å²) < 4.78 is 80.6. The van der Waals surface area contributed by atoms with Crippen LogP contribution in [0.5, 0.6) is 0 Å². The molecule has 6 aromatic carbocycles. The van der Waals surface area contributed by atoms with Gasteiger partial charge in [-0.1, -0.05) is 82.4 Å². The molecule has 8 rings (SSSR count). The summed E-state index contributed by atoms with van der Waals surface area (Å²) in [5, 5.41) is 6.82. The number of anilines is 1. The first-order valence-corrected chi connectivity index (χ1v) is 26.5. The van der Waals surface area contributed by atoms with Gasteiger partial charge in [0.1, 0.15) is 17.2 Å². The Morgan fingerprint density at radius 2 is 1.16 bits per heavy atom. The van der Waals surface area contributed by atoms with Gasteiger partial charge in [-0.15, -0.1) is 0 Å². The highest BCUT2D eigenvalue weighted by molar-refractivity contribution is 7.92. The largest absolute Gasteiger partial charge is 0.462 e. The Morgan fingerprint density at radius 1 is 0.653 bits per heavy atom. The summed E-state index contributed by atoms with van der Waals surface area (Å²) in [5.41, 5.74) is 5.52. The molecule has 0 spiro atoms. The standard InChI is InChI=1S/C38H39FN2O8S.C19H24O4.2CH4/c1-4-48-38(43)30-16-13-26(28-7-5-6-8-29(28)30)23-47-20-19-46-18-17-41(50(3,44)45)33-22-34-32(21-31(33)24-9-10-24)35(37(42)40-2)36(49-34)25-11-14-27(39)15-12-25;1-3-11-21-12-13-22-14-15-9-10-18(19(20)23-4-2)17-8-6-5-7-16(15)17;;/h5-8,11-16,21-22,24H,4,9-10,17-20,23H2,1-3H3,(H,40,42);5-10H,3-4,11-14H2,1-2H3;2*1H4. The van der Waals surface area contributed by atoms with Crippen molar-refractivity contribution in [3.63, 3.8) is 0 Å². The highest BCUT2D eigenvalue weighted by Gasteiger charge is 2.33. The first kappa shape index (κ1) is 59.2. The van der Waals surface area contributed by atoms with Gasteiger partial charge in [0.25, 0.3) is 5.91 Å². The predicted octanol–water partition coefficient (Wildman–Crippen LogP) is 12.0. The zero-order valence-electron chi connectivity index (χ0n) is 42.0. The fourth-order valence-electron chi connectivity index (χ4n) is 8.55. The van der Waals surface area contributed by atoms with Crippen molar-refractivity contribution < 1.29 is 60.0 Å². The smallest absolute Gasteiger partial charge is 0.338 e. The molecule has 1 amide bonds. The van der Waals surface area contributed by atoms with Crippen LogP contribution in [0.25, 0.3) is 43.8 Å². The van der Waals surface area contributed by atoms with Crippen molar-refractivity contribution in [2.75, 3.05) is 77.0 Å². The van der Waals surface area contributed by atoms with E-state index in [0.717, 1.165) is 70.4 Å². The van der Waals surface area contributed by atoms with Gasteiger partial charge in [0, 0.05) is 30.7 Å². The normalized spacial score (nSPS) is 12.1. The van der Waals surface area contributed by atoms with E-state index in [9.17, 15) is 27.2 Å². The summed E-state index contributed by atoms with van der Waals surface area (Å²) in [6.45, 7) is 9.72. The van der Waals surface area contributed by atoms with E-state index < -0.39 is 15.8 Å². The van der Waals surface area contributed by atoms with Crippen LogP contribution in [0.3, 0.4) is 0 Å². The lowest BCUT2D eigenvalue weighted by molar-refractivity contribution is 0.0412. The van der Waals surface area contributed by atoms with Crippen molar-refractivity contribution in [2.24, 2.45) is 0 Å². The Morgan fingerprint density at radius 3 is 1.64 bits per heavy atom. The number of rotatable bonds is 24. The number of fused-ring (bicyclic) bond motifs is 3. The zero-order valence-corrected chi connectivity index (χ0v) is 42.8. The zero-order chi connectivity index (χ0) is 51.9. The summed E-state index contributed by atoms with van der Waals surface area (Å²) in [7, 11) is -2.21. The van der Waals surface area contributed by atoms with Crippen molar-refractivity contribution in [1.29, 1.82) is 0 Å². The SMILES string of the molecule is C.C.CCCOCCOCc1ccc(C(=O)OCC)c2ccccc12.CCOC(=O)c1ccc(COCCOCCN(c2cc3oc(-c4ccc(F)cc4)c(C(=O)NC)c3cc2C2CC2)S(C)(=O)=O)c2ccccc12. The number of hydrogen-bond donors (Lipinski definition) is 1. The monoisotopic (exact) mass is 1050 g/mol. The van der Waals surface area contributed by atoms with Gasteiger partial charge in [-0.2, -0.15) is 0 Å². The number of carbonyl (C=O) groups excluding carboxylic acids is 3. The molecule has 16 heteroatoms. The minimum atomic E-state index is -3.74. The molecule has 0 bridgehead atoms. The summed E-state index contributed by atoms with van der Waals surface area (Å²) in [6.07, 6.45) is 3.95. The van der Waals surface area contributed by atoms with Crippen LogP contribution in [0.1, 0.15) is 109 Å². The van der Waals surface area contributed by atoms with Gasteiger partial charge >= 0.3 is 11.9 Å².